The number of hydrogen-bond acceptors (Lipinski definition) is 3. The zero-order chi connectivity index (χ0) is 10.3. The second-order valence-corrected chi connectivity index (χ2v) is 4.80. The largest absolute Gasteiger partial charge is 0.393 e. The standard InChI is InChI=1S/C8H18O4S/c1-2-5-8(9)6-3-4-7-13(10,11)12/h8-9H,2-7H2,1H3,(H,10,11,12). The third-order valence-corrected chi connectivity index (χ3v) is 2.62. The van der Waals surface area contributed by atoms with Crippen LogP contribution in [0, 0.1) is 0 Å². The highest BCUT2D eigenvalue weighted by atomic mass is 32.2. The molecule has 0 spiro atoms. The van der Waals surface area contributed by atoms with Crippen LogP contribution in [0.5, 0.6) is 0 Å². The molecule has 5 heteroatoms. The summed E-state index contributed by atoms with van der Waals surface area (Å²) >= 11 is 0. The first-order chi connectivity index (χ1) is 5.95. The summed E-state index contributed by atoms with van der Waals surface area (Å²) in [7, 11) is -3.82. The van der Waals surface area contributed by atoms with Gasteiger partial charge in [0, 0.05) is 0 Å². The van der Waals surface area contributed by atoms with Crippen LogP contribution in [0.1, 0.15) is 39.0 Å². The van der Waals surface area contributed by atoms with Gasteiger partial charge >= 0.3 is 0 Å². The molecule has 1 unspecified atom stereocenters. The van der Waals surface area contributed by atoms with Crippen LogP contribution in [-0.2, 0) is 10.1 Å². The molecule has 0 aliphatic carbocycles. The van der Waals surface area contributed by atoms with Crippen LogP contribution in [0.25, 0.3) is 0 Å². The van der Waals surface area contributed by atoms with Gasteiger partial charge in [-0.2, -0.15) is 8.42 Å². The van der Waals surface area contributed by atoms with E-state index in [9.17, 15) is 13.5 Å². The number of rotatable bonds is 7. The quantitative estimate of drug-likeness (QED) is 0.489. The molecule has 0 aromatic heterocycles. The molecule has 0 rings (SSSR count). The Morgan fingerprint density at radius 1 is 1.23 bits per heavy atom. The predicted octanol–water partition coefficient (Wildman–Crippen LogP) is 1.21. The minimum atomic E-state index is -3.82. The zero-order valence-electron chi connectivity index (χ0n) is 7.94. The van der Waals surface area contributed by atoms with E-state index in [1.807, 2.05) is 6.92 Å². The molecular weight excluding hydrogens is 192 g/mol. The highest BCUT2D eigenvalue weighted by molar-refractivity contribution is 7.85. The maximum atomic E-state index is 10.3. The van der Waals surface area contributed by atoms with E-state index in [1.165, 1.54) is 0 Å². The summed E-state index contributed by atoms with van der Waals surface area (Å²) in [6.07, 6.45) is 3.03. The summed E-state index contributed by atoms with van der Waals surface area (Å²) in [4.78, 5) is 0. The highest BCUT2D eigenvalue weighted by Gasteiger charge is 2.06. The van der Waals surface area contributed by atoms with Gasteiger partial charge < -0.3 is 5.11 Å². The van der Waals surface area contributed by atoms with Crippen LogP contribution < -0.4 is 0 Å². The molecule has 0 bridgehead atoms. The predicted molar refractivity (Wildman–Crippen MR) is 51.2 cm³/mol. The molecule has 0 radical (unpaired) electrons. The summed E-state index contributed by atoms with van der Waals surface area (Å²) in [5.41, 5.74) is 0. The summed E-state index contributed by atoms with van der Waals surface area (Å²) in [5, 5.41) is 9.27. The van der Waals surface area contributed by atoms with Crippen LogP contribution in [0.15, 0.2) is 0 Å². The van der Waals surface area contributed by atoms with Crippen LogP contribution in [-0.4, -0.2) is 29.9 Å². The van der Waals surface area contributed by atoms with Crippen LogP contribution in [0.2, 0.25) is 0 Å². The average molecular weight is 210 g/mol. The fourth-order valence-corrected chi connectivity index (χ4v) is 1.71. The van der Waals surface area contributed by atoms with Crippen molar-refractivity contribution in [2.45, 2.75) is 45.1 Å². The Morgan fingerprint density at radius 3 is 2.31 bits per heavy atom. The first-order valence-electron chi connectivity index (χ1n) is 4.59. The number of aliphatic hydroxyl groups is 1. The number of hydrogen-bond donors (Lipinski definition) is 2. The summed E-state index contributed by atoms with van der Waals surface area (Å²) < 4.78 is 29.0. The lowest BCUT2D eigenvalue weighted by atomic mass is 10.1. The van der Waals surface area contributed by atoms with Gasteiger partial charge in [0.1, 0.15) is 0 Å². The molecule has 0 saturated carbocycles. The minimum absolute atomic E-state index is 0.203. The minimum Gasteiger partial charge on any atom is -0.393 e. The average Bonchev–Trinajstić information content (AvgIpc) is 1.97. The fourth-order valence-electron chi connectivity index (χ4n) is 1.14. The molecule has 2 N–H and O–H groups in total. The molecule has 0 aromatic carbocycles. The van der Waals surface area contributed by atoms with Crippen molar-refractivity contribution < 1.29 is 18.1 Å². The van der Waals surface area contributed by atoms with E-state index >= 15 is 0 Å². The van der Waals surface area contributed by atoms with Crippen LogP contribution >= 0.6 is 0 Å². The van der Waals surface area contributed by atoms with Gasteiger partial charge in [-0.3, -0.25) is 4.55 Å². The van der Waals surface area contributed by atoms with Crippen LogP contribution in [0.3, 0.4) is 0 Å². The molecule has 0 aliphatic rings. The molecule has 80 valence electrons. The van der Waals surface area contributed by atoms with Crippen molar-refractivity contribution in [1.82, 2.24) is 0 Å². The molecule has 0 heterocycles. The smallest absolute Gasteiger partial charge is 0.264 e. The topological polar surface area (TPSA) is 74.6 Å². The lowest BCUT2D eigenvalue weighted by molar-refractivity contribution is 0.150. The first kappa shape index (κ1) is 12.9. The number of aliphatic hydroxyl groups excluding tert-OH is 1. The maximum absolute atomic E-state index is 10.3. The van der Waals surface area contributed by atoms with Crippen molar-refractivity contribution in [2.24, 2.45) is 0 Å². The Balaban J connectivity index is 3.36. The first-order valence-corrected chi connectivity index (χ1v) is 6.20. The summed E-state index contributed by atoms with van der Waals surface area (Å²) in [6.45, 7) is 1.99. The van der Waals surface area contributed by atoms with Gasteiger partial charge in [-0.25, -0.2) is 0 Å². The fraction of sp³-hybridized carbons (Fsp3) is 1.00. The second kappa shape index (κ2) is 6.34. The van der Waals surface area contributed by atoms with Crippen molar-refractivity contribution in [3.05, 3.63) is 0 Å². The van der Waals surface area contributed by atoms with Crippen LogP contribution in [0.4, 0.5) is 0 Å². The summed E-state index contributed by atoms with van der Waals surface area (Å²) in [5.74, 6) is -0.203. The molecular formula is C8H18O4S. The van der Waals surface area contributed by atoms with Crippen molar-refractivity contribution in [3.63, 3.8) is 0 Å². The maximum Gasteiger partial charge on any atom is 0.264 e. The number of unbranched alkanes of at least 4 members (excludes halogenated alkanes) is 1. The SMILES string of the molecule is CCCC(O)CCCCS(=O)(=O)O. The normalized spacial score (nSPS) is 14.4. The molecule has 4 nitrogen and oxygen atoms in total. The van der Waals surface area contributed by atoms with Gasteiger partial charge in [-0.05, 0) is 25.7 Å². The Bertz CT molecular complexity index is 210. The second-order valence-electron chi connectivity index (χ2n) is 3.22. The lowest BCUT2D eigenvalue weighted by Crippen LogP contribution is -2.08. The van der Waals surface area contributed by atoms with Crippen molar-refractivity contribution in [3.8, 4) is 0 Å². The third-order valence-electron chi connectivity index (χ3n) is 1.81. The molecule has 0 amide bonds. The van der Waals surface area contributed by atoms with E-state index < -0.39 is 10.1 Å². The van der Waals surface area contributed by atoms with Crippen molar-refractivity contribution in [1.29, 1.82) is 0 Å². The van der Waals surface area contributed by atoms with E-state index in [2.05, 4.69) is 0 Å². The van der Waals surface area contributed by atoms with E-state index in [0.717, 1.165) is 12.8 Å². The van der Waals surface area contributed by atoms with Crippen molar-refractivity contribution >= 4 is 10.1 Å². The highest BCUT2D eigenvalue weighted by Crippen LogP contribution is 2.06. The van der Waals surface area contributed by atoms with Crippen molar-refractivity contribution in [2.75, 3.05) is 5.75 Å². The molecule has 0 aromatic rings. The van der Waals surface area contributed by atoms with Gasteiger partial charge in [0.25, 0.3) is 10.1 Å². The molecule has 0 aliphatic heterocycles. The van der Waals surface area contributed by atoms with E-state index in [0.29, 0.717) is 19.3 Å². The summed E-state index contributed by atoms with van der Waals surface area (Å²) in [6, 6.07) is 0. The van der Waals surface area contributed by atoms with E-state index in [-0.39, 0.29) is 11.9 Å². The van der Waals surface area contributed by atoms with Gasteiger partial charge in [-0.1, -0.05) is 13.3 Å². The Labute approximate surface area is 79.7 Å². The van der Waals surface area contributed by atoms with Gasteiger partial charge in [0.05, 0.1) is 11.9 Å². The Morgan fingerprint density at radius 2 is 1.85 bits per heavy atom. The Hall–Kier alpha value is -0.130. The van der Waals surface area contributed by atoms with Gasteiger partial charge in [-0.15, -0.1) is 0 Å². The molecule has 0 saturated heterocycles. The van der Waals surface area contributed by atoms with Gasteiger partial charge in [0.15, 0.2) is 0 Å². The van der Waals surface area contributed by atoms with Gasteiger partial charge in [0.2, 0.25) is 0 Å². The monoisotopic (exact) mass is 210 g/mol. The lowest BCUT2D eigenvalue weighted by Gasteiger charge is -2.07. The molecule has 13 heavy (non-hydrogen) atoms. The molecule has 1 atom stereocenters. The molecule has 0 fully saturated rings. The van der Waals surface area contributed by atoms with E-state index in [1.54, 1.807) is 0 Å². The Kier molecular flexibility index (Phi) is 6.28. The van der Waals surface area contributed by atoms with E-state index in [4.69, 9.17) is 4.55 Å². The zero-order valence-corrected chi connectivity index (χ0v) is 8.76. The third kappa shape index (κ3) is 9.79.